The lowest BCUT2D eigenvalue weighted by Crippen LogP contribution is -2.44. The average Bonchev–Trinajstić information content (AvgIpc) is 2.27. The molecule has 15 heavy (non-hydrogen) atoms. The molecule has 0 aromatic carbocycles. The molecule has 88 valence electrons. The van der Waals surface area contributed by atoms with Crippen molar-refractivity contribution in [1.29, 1.82) is 0 Å². The number of nitrogens with zero attached hydrogens (tertiary/aromatic N) is 1. The summed E-state index contributed by atoms with van der Waals surface area (Å²) in [6.45, 7) is 4.40. The summed E-state index contributed by atoms with van der Waals surface area (Å²) >= 11 is 0. The number of hydrogen-bond acceptors (Lipinski definition) is 5. The molecule has 1 rings (SSSR count). The molecule has 1 aliphatic heterocycles. The maximum Gasteiger partial charge on any atom is 0.259 e. The number of carbonyl (C=O) groups excluding carboxylic acids is 1. The molecule has 2 N–H and O–H groups in total. The second kappa shape index (κ2) is 6.73. The van der Waals surface area contributed by atoms with Gasteiger partial charge in [-0.15, -0.1) is 0 Å². The third-order valence-electron chi connectivity index (χ3n) is 2.08. The van der Waals surface area contributed by atoms with Crippen molar-refractivity contribution in [1.82, 2.24) is 10.4 Å². The van der Waals surface area contributed by atoms with Gasteiger partial charge in [0.15, 0.2) is 0 Å². The van der Waals surface area contributed by atoms with Gasteiger partial charge in [0.05, 0.1) is 32.9 Å². The fraction of sp³-hybridized carbons (Fsp3) is 0.889. The Labute approximate surface area is 89.1 Å². The van der Waals surface area contributed by atoms with E-state index in [1.807, 2.05) is 6.92 Å². The molecule has 1 heterocycles. The highest BCUT2D eigenvalue weighted by Gasteiger charge is 2.20. The van der Waals surface area contributed by atoms with E-state index in [0.29, 0.717) is 31.4 Å². The van der Waals surface area contributed by atoms with Crippen LogP contribution in [-0.4, -0.2) is 61.7 Å². The summed E-state index contributed by atoms with van der Waals surface area (Å²) in [5.41, 5.74) is 0. The molecule has 1 aliphatic rings. The highest BCUT2D eigenvalue weighted by molar-refractivity contribution is 5.77. The van der Waals surface area contributed by atoms with Crippen molar-refractivity contribution in [2.24, 2.45) is 0 Å². The molecule has 0 spiro atoms. The summed E-state index contributed by atoms with van der Waals surface area (Å²) < 4.78 is 10.5. The Morgan fingerprint density at radius 3 is 3.00 bits per heavy atom. The predicted octanol–water partition coefficient (Wildman–Crippen LogP) is -0.771. The van der Waals surface area contributed by atoms with Gasteiger partial charge >= 0.3 is 0 Å². The summed E-state index contributed by atoms with van der Waals surface area (Å²) in [4.78, 5) is 11.3. The van der Waals surface area contributed by atoms with Crippen LogP contribution in [0.15, 0.2) is 0 Å². The van der Waals surface area contributed by atoms with Crippen LogP contribution in [0, 0.1) is 0 Å². The fourth-order valence-corrected chi connectivity index (χ4v) is 1.26. The van der Waals surface area contributed by atoms with Crippen LogP contribution in [0.2, 0.25) is 0 Å². The van der Waals surface area contributed by atoms with Gasteiger partial charge in [-0.2, -0.15) is 0 Å². The summed E-state index contributed by atoms with van der Waals surface area (Å²) in [7, 11) is 0. The van der Waals surface area contributed by atoms with E-state index < -0.39 is 0 Å². The Morgan fingerprint density at radius 1 is 1.60 bits per heavy atom. The van der Waals surface area contributed by atoms with E-state index in [4.69, 9.17) is 9.47 Å². The topological polar surface area (TPSA) is 71.0 Å². The number of likely N-dealkylation sites (N-methyl/N-ethyl adjacent to an activating group) is 1. The van der Waals surface area contributed by atoms with E-state index in [9.17, 15) is 10.0 Å². The number of carbonyl (C=O) groups is 1. The third kappa shape index (κ3) is 4.57. The van der Waals surface area contributed by atoms with Gasteiger partial charge < -0.3 is 14.8 Å². The van der Waals surface area contributed by atoms with Gasteiger partial charge in [0, 0.05) is 0 Å². The van der Waals surface area contributed by atoms with Crippen molar-refractivity contribution in [3.05, 3.63) is 0 Å². The number of hydrogen-bond donors (Lipinski definition) is 2. The Morgan fingerprint density at radius 2 is 2.40 bits per heavy atom. The van der Waals surface area contributed by atoms with Crippen molar-refractivity contribution in [3.63, 3.8) is 0 Å². The average molecular weight is 218 g/mol. The van der Waals surface area contributed by atoms with Crippen LogP contribution < -0.4 is 5.32 Å². The number of ether oxygens (including phenoxy) is 2. The normalized spacial score (nSPS) is 21.3. The minimum absolute atomic E-state index is 0.139. The molecular weight excluding hydrogens is 200 g/mol. The Kier molecular flexibility index (Phi) is 5.56. The van der Waals surface area contributed by atoms with E-state index in [0.717, 1.165) is 0 Å². The molecule has 1 unspecified atom stereocenters. The molecule has 1 atom stereocenters. The summed E-state index contributed by atoms with van der Waals surface area (Å²) in [5.74, 6) is -0.356. The quantitative estimate of drug-likeness (QED) is 0.468. The van der Waals surface area contributed by atoms with Gasteiger partial charge in [0.25, 0.3) is 5.91 Å². The van der Waals surface area contributed by atoms with Crippen molar-refractivity contribution < 1.29 is 19.5 Å². The van der Waals surface area contributed by atoms with Gasteiger partial charge in [0.1, 0.15) is 6.10 Å². The largest absolute Gasteiger partial charge is 0.376 e. The summed E-state index contributed by atoms with van der Waals surface area (Å²) in [5, 5.41) is 12.9. The van der Waals surface area contributed by atoms with Gasteiger partial charge in [-0.25, -0.2) is 5.06 Å². The second-order valence-corrected chi connectivity index (χ2v) is 3.32. The predicted molar refractivity (Wildman–Crippen MR) is 52.6 cm³/mol. The highest BCUT2D eigenvalue weighted by atomic mass is 16.6. The van der Waals surface area contributed by atoms with Crippen LogP contribution in [-0.2, 0) is 14.3 Å². The van der Waals surface area contributed by atoms with E-state index in [-0.39, 0.29) is 25.1 Å². The summed E-state index contributed by atoms with van der Waals surface area (Å²) in [6, 6.07) is 0. The minimum atomic E-state index is -0.356. The molecule has 1 amide bonds. The van der Waals surface area contributed by atoms with E-state index >= 15 is 0 Å². The lowest BCUT2D eigenvalue weighted by molar-refractivity contribution is -0.180. The van der Waals surface area contributed by atoms with Crippen molar-refractivity contribution in [2.75, 3.05) is 39.5 Å². The SMILES string of the molecule is CCNCC(=O)N(O)CC1COCCO1. The molecule has 1 saturated heterocycles. The second-order valence-electron chi connectivity index (χ2n) is 3.32. The molecule has 0 saturated carbocycles. The fourth-order valence-electron chi connectivity index (χ4n) is 1.26. The Bertz CT molecular complexity index is 195. The van der Waals surface area contributed by atoms with E-state index in [1.165, 1.54) is 0 Å². The molecule has 6 nitrogen and oxygen atoms in total. The van der Waals surface area contributed by atoms with Crippen LogP contribution >= 0.6 is 0 Å². The van der Waals surface area contributed by atoms with E-state index in [1.54, 1.807) is 0 Å². The molecule has 0 bridgehead atoms. The maximum atomic E-state index is 11.3. The molecule has 0 radical (unpaired) electrons. The zero-order valence-corrected chi connectivity index (χ0v) is 8.94. The number of hydroxylamine groups is 2. The van der Waals surface area contributed by atoms with Gasteiger partial charge in [-0.1, -0.05) is 6.92 Å². The first-order chi connectivity index (χ1) is 7.24. The van der Waals surface area contributed by atoms with E-state index in [2.05, 4.69) is 5.32 Å². The number of amides is 1. The van der Waals surface area contributed by atoms with Crippen LogP contribution in [0.1, 0.15) is 6.92 Å². The maximum absolute atomic E-state index is 11.3. The molecular formula is C9H18N2O4. The molecule has 0 aliphatic carbocycles. The smallest absolute Gasteiger partial charge is 0.259 e. The van der Waals surface area contributed by atoms with Gasteiger partial charge in [-0.3, -0.25) is 10.0 Å². The molecule has 1 fully saturated rings. The number of rotatable bonds is 5. The third-order valence-corrected chi connectivity index (χ3v) is 2.08. The zero-order valence-electron chi connectivity index (χ0n) is 8.94. The molecule has 0 aromatic heterocycles. The van der Waals surface area contributed by atoms with Crippen LogP contribution in [0.4, 0.5) is 0 Å². The van der Waals surface area contributed by atoms with Crippen LogP contribution in [0.3, 0.4) is 0 Å². The van der Waals surface area contributed by atoms with Gasteiger partial charge in [0.2, 0.25) is 0 Å². The van der Waals surface area contributed by atoms with Gasteiger partial charge in [-0.05, 0) is 6.54 Å². The van der Waals surface area contributed by atoms with Crippen molar-refractivity contribution in [3.8, 4) is 0 Å². The monoisotopic (exact) mass is 218 g/mol. The molecule has 0 aromatic rings. The number of nitrogens with one attached hydrogen (secondary N) is 1. The first-order valence-corrected chi connectivity index (χ1v) is 5.13. The molecule has 6 heteroatoms. The minimum Gasteiger partial charge on any atom is -0.376 e. The Hall–Kier alpha value is -0.690. The van der Waals surface area contributed by atoms with Crippen molar-refractivity contribution >= 4 is 5.91 Å². The lowest BCUT2D eigenvalue weighted by atomic mass is 10.3. The summed E-state index contributed by atoms with van der Waals surface area (Å²) in [6.07, 6.45) is -0.227. The first-order valence-electron chi connectivity index (χ1n) is 5.13. The highest BCUT2D eigenvalue weighted by Crippen LogP contribution is 2.02. The van der Waals surface area contributed by atoms with Crippen molar-refractivity contribution in [2.45, 2.75) is 13.0 Å². The van der Waals surface area contributed by atoms with Crippen LogP contribution in [0.5, 0.6) is 0 Å². The lowest BCUT2D eigenvalue weighted by Gasteiger charge is -2.26. The first kappa shape index (κ1) is 12.4. The Balaban J connectivity index is 2.20. The standard InChI is InChI=1S/C9H18N2O4/c1-2-10-5-9(12)11(13)6-8-7-14-3-4-15-8/h8,10,13H,2-7H2,1H3. The zero-order chi connectivity index (χ0) is 11.1. The van der Waals surface area contributed by atoms with Crippen LogP contribution in [0.25, 0.3) is 0 Å².